The summed E-state index contributed by atoms with van der Waals surface area (Å²) in [6.45, 7) is 5.92. The van der Waals surface area contributed by atoms with Crippen LogP contribution in [0.3, 0.4) is 0 Å². The molecule has 0 aliphatic carbocycles. The van der Waals surface area contributed by atoms with Crippen molar-refractivity contribution in [1.82, 2.24) is 0 Å². The zero-order valence-corrected chi connectivity index (χ0v) is 12.8. The maximum absolute atomic E-state index is 12.8. The first-order chi connectivity index (χ1) is 9.73. The number of anilines is 1. The van der Waals surface area contributed by atoms with E-state index < -0.39 is 11.7 Å². The van der Waals surface area contributed by atoms with Gasteiger partial charge in [0.2, 0.25) is 0 Å². The van der Waals surface area contributed by atoms with Crippen molar-refractivity contribution in [2.75, 3.05) is 23.7 Å². The van der Waals surface area contributed by atoms with Crippen LogP contribution in [0.5, 0.6) is 0 Å². The lowest BCUT2D eigenvalue weighted by atomic mass is 10.1. The van der Waals surface area contributed by atoms with Crippen LogP contribution in [0.4, 0.5) is 18.9 Å². The Balaban J connectivity index is 2.28. The van der Waals surface area contributed by atoms with Crippen molar-refractivity contribution in [2.24, 2.45) is 0 Å². The Kier molecular flexibility index (Phi) is 4.43. The van der Waals surface area contributed by atoms with Gasteiger partial charge in [-0.1, -0.05) is 13.8 Å². The summed E-state index contributed by atoms with van der Waals surface area (Å²) in [5, 5.41) is 8.97. The summed E-state index contributed by atoms with van der Waals surface area (Å²) in [4.78, 5) is 2.06. The second kappa shape index (κ2) is 5.80. The van der Waals surface area contributed by atoms with Gasteiger partial charge in [-0.05, 0) is 24.6 Å². The third kappa shape index (κ3) is 3.85. The highest BCUT2D eigenvalue weighted by Crippen LogP contribution is 2.35. The SMILES string of the molecule is CC1(C)CCN(c2ccc(C(F)(F)F)c(C#N)c2)CCS1. The van der Waals surface area contributed by atoms with Crippen LogP contribution in [0.1, 0.15) is 31.4 Å². The number of rotatable bonds is 1. The maximum Gasteiger partial charge on any atom is 0.417 e. The van der Waals surface area contributed by atoms with Gasteiger partial charge in [0.05, 0.1) is 17.2 Å². The first kappa shape index (κ1) is 16.0. The Bertz CT molecular complexity index is 561. The van der Waals surface area contributed by atoms with Gasteiger partial charge in [-0.3, -0.25) is 0 Å². The number of thioether (sulfide) groups is 1. The summed E-state index contributed by atoms with van der Waals surface area (Å²) in [5.74, 6) is 0.926. The standard InChI is InChI=1S/C15H17F3N2S/c1-14(2)5-6-20(7-8-21-14)12-3-4-13(15(16,17)18)11(9-12)10-19/h3-4,9H,5-8H2,1-2H3. The predicted molar refractivity (Wildman–Crippen MR) is 79.5 cm³/mol. The molecule has 0 aromatic heterocycles. The van der Waals surface area contributed by atoms with Crippen LogP contribution < -0.4 is 4.90 Å². The van der Waals surface area contributed by atoms with Crippen molar-refractivity contribution in [3.05, 3.63) is 29.3 Å². The van der Waals surface area contributed by atoms with Crippen LogP contribution in [-0.4, -0.2) is 23.6 Å². The normalized spacial score (nSPS) is 19.0. The summed E-state index contributed by atoms with van der Waals surface area (Å²) in [6.07, 6.45) is -3.53. The van der Waals surface area contributed by atoms with Gasteiger partial charge >= 0.3 is 6.18 Å². The van der Waals surface area contributed by atoms with Gasteiger partial charge < -0.3 is 4.90 Å². The van der Waals surface area contributed by atoms with Gasteiger partial charge in [0.15, 0.2) is 0 Å². The fourth-order valence-corrected chi connectivity index (χ4v) is 3.45. The van der Waals surface area contributed by atoms with Crippen LogP contribution in [0.2, 0.25) is 0 Å². The average molecular weight is 314 g/mol. The lowest BCUT2D eigenvalue weighted by molar-refractivity contribution is -0.137. The molecule has 1 aromatic carbocycles. The third-order valence-electron chi connectivity index (χ3n) is 3.63. The number of nitriles is 1. The van der Waals surface area contributed by atoms with Gasteiger partial charge in [0, 0.05) is 29.3 Å². The molecule has 0 N–H and O–H groups in total. The summed E-state index contributed by atoms with van der Waals surface area (Å²) in [5.41, 5.74) is -0.479. The van der Waals surface area contributed by atoms with Crippen molar-refractivity contribution < 1.29 is 13.2 Å². The van der Waals surface area contributed by atoms with Crippen molar-refractivity contribution in [3.63, 3.8) is 0 Å². The molecule has 0 spiro atoms. The summed E-state index contributed by atoms with van der Waals surface area (Å²) >= 11 is 1.87. The van der Waals surface area contributed by atoms with E-state index in [1.165, 1.54) is 12.1 Å². The maximum atomic E-state index is 12.8. The number of halogens is 3. The predicted octanol–water partition coefficient (Wildman–Crippen LogP) is 4.30. The molecular weight excluding hydrogens is 297 g/mol. The molecule has 6 heteroatoms. The first-order valence-corrected chi connectivity index (χ1v) is 7.72. The van der Waals surface area contributed by atoms with Crippen molar-refractivity contribution in [3.8, 4) is 6.07 Å². The highest BCUT2D eigenvalue weighted by molar-refractivity contribution is 8.00. The molecule has 0 amide bonds. The minimum atomic E-state index is -4.49. The number of benzene rings is 1. The molecule has 0 bridgehead atoms. The van der Waals surface area contributed by atoms with Crippen LogP contribution >= 0.6 is 11.8 Å². The average Bonchev–Trinajstić information content (AvgIpc) is 2.58. The van der Waals surface area contributed by atoms with Gasteiger partial charge in [-0.25, -0.2) is 0 Å². The molecule has 21 heavy (non-hydrogen) atoms. The van der Waals surface area contributed by atoms with Gasteiger partial charge in [-0.15, -0.1) is 0 Å². The Morgan fingerprint density at radius 1 is 1.29 bits per heavy atom. The Morgan fingerprint density at radius 2 is 2.00 bits per heavy atom. The molecule has 114 valence electrons. The molecule has 1 heterocycles. The first-order valence-electron chi connectivity index (χ1n) is 6.73. The molecule has 0 saturated carbocycles. The topological polar surface area (TPSA) is 27.0 Å². The fourth-order valence-electron chi connectivity index (χ4n) is 2.35. The van der Waals surface area contributed by atoms with Crippen LogP contribution in [0, 0.1) is 11.3 Å². The van der Waals surface area contributed by atoms with E-state index in [-0.39, 0.29) is 10.3 Å². The molecule has 1 fully saturated rings. The van der Waals surface area contributed by atoms with E-state index in [0.29, 0.717) is 5.69 Å². The van der Waals surface area contributed by atoms with E-state index in [1.807, 2.05) is 11.8 Å². The highest BCUT2D eigenvalue weighted by atomic mass is 32.2. The Hall–Kier alpha value is -1.35. The number of hydrogen-bond donors (Lipinski definition) is 0. The van der Waals surface area contributed by atoms with E-state index in [9.17, 15) is 13.2 Å². The summed E-state index contributed by atoms with van der Waals surface area (Å²) < 4.78 is 38.6. The lowest BCUT2D eigenvalue weighted by Gasteiger charge is -2.25. The summed E-state index contributed by atoms with van der Waals surface area (Å²) in [6, 6.07) is 5.49. The van der Waals surface area contributed by atoms with E-state index in [0.717, 1.165) is 31.3 Å². The molecule has 2 rings (SSSR count). The fraction of sp³-hybridized carbons (Fsp3) is 0.533. The van der Waals surface area contributed by atoms with Gasteiger partial charge in [-0.2, -0.15) is 30.2 Å². The van der Waals surface area contributed by atoms with E-state index in [4.69, 9.17) is 5.26 Å². The molecular formula is C15H17F3N2S. The largest absolute Gasteiger partial charge is 0.417 e. The van der Waals surface area contributed by atoms with Crippen LogP contribution in [0.25, 0.3) is 0 Å². The lowest BCUT2D eigenvalue weighted by Crippen LogP contribution is -2.27. The monoisotopic (exact) mass is 314 g/mol. The molecule has 1 aromatic rings. The second-order valence-electron chi connectivity index (χ2n) is 5.68. The molecule has 0 radical (unpaired) electrons. The van der Waals surface area contributed by atoms with E-state index in [1.54, 1.807) is 6.07 Å². The van der Waals surface area contributed by atoms with Gasteiger partial charge in [0.25, 0.3) is 0 Å². The smallest absolute Gasteiger partial charge is 0.371 e. The number of alkyl halides is 3. The van der Waals surface area contributed by atoms with Crippen molar-refractivity contribution in [2.45, 2.75) is 31.2 Å². The molecule has 1 aliphatic rings. The minimum absolute atomic E-state index is 0.179. The zero-order valence-electron chi connectivity index (χ0n) is 12.0. The van der Waals surface area contributed by atoms with Crippen LogP contribution in [-0.2, 0) is 6.18 Å². The Labute approximate surface area is 126 Å². The molecule has 2 nitrogen and oxygen atoms in total. The zero-order chi connectivity index (χ0) is 15.7. The molecule has 0 atom stereocenters. The van der Waals surface area contributed by atoms with Gasteiger partial charge in [0.1, 0.15) is 0 Å². The van der Waals surface area contributed by atoms with Crippen LogP contribution in [0.15, 0.2) is 18.2 Å². The van der Waals surface area contributed by atoms with E-state index >= 15 is 0 Å². The number of nitrogens with zero attached hydrogens (tertiary/aromatic N) is 2. The highest BCUT2D eigenvalue weighted by Gasteiger charge is 2.34. The quantitative estimate of drug-likeness (QED) is 0.773. The van der Waals surface area contributed by atoms with Crippen molar-refractivity contribution >= 4 is 17.4 Å². The molecule has 1 aliphatic heterocycles. The van der Waals surface area contributed by atoms with Crippen molar-refractivity contribution in [1.29, 1.82) is 5.26 Å². The Morgan fingerprint density at radius 3 is 2.62 bits per heavy atom. The second-order valence-corrected chi connectivity index (χ2v) is 7.49. The molecule has 1 saturated heterocycles. The number of hydrogen-bond acceptors (Lipinski definition) is 3. The third-order valence-corrected chi connectivity index (χ3v) is 5.00. The minimum Gasteiger partial charge on any atom is -0.371 e. The summed E-state index contributed by atoms with van der Waals surface area (Å²) in [7, 11) is 0. The van der Waals surface area contributed by atoms with E-state index in [2.05, 4.69) is 18.7 Å². The molecule has 0 unspecified atom stereocenters.